The van der Waals surface area contributed by atoms with Gasteiger partial charge in [-0.25, -0.2) is 9.67 Å². The minimum atomic E-state index is 0.0243. The van der Waals surface area contributed by atoms with Crippen LogP contribution in [0, 0.1) is 26.7 Å². The number of rotatable bonds is 6. The van der Waals surface area contributed by atoms with Gasteiger partial charge in [0.25, 0.3) is 5.91 Å². The Hall–Kier alpha value is -2.47. The maximum absolute atomic E-state index is 13.0. The number of hydrogen-bond acceptors (Lipinski definition) is 4. The van der Waals surface area contributed by atoms with Crippen LogP contribution in [0.15, 0.2) is 30.3 Å². The molecule has 3 rings (SSSR count). The monoisotopic (exact) mass is 396 g/mol. The summed E-state index contributed by atoms with van der Waals surface area (Å²) in [5, 5.41) is 5.72. The van der Waals surface area contributed by atoms with E-state index < -0.39 is 0 Å². The van der Waals surface area contributed by atoms with Gasteiger partial charge in [0.15, 0.2) is 0 Å². The van der Waals surface area contributed by atoms with E-state index in [4.69, 9.17) is 0 Å². The van der Waals surface area contributed by atoms with Gasteiger partial charge in [-0.05, 0) is 38.8 Å². The van der Waals surface area contributed by atoms with Crippen molar-refractivity contribution < 1.29 is 4.79 Å². The highest BCUT2D eigenvalue weighted by atomic mass is 32.1. The van der Waals surface area contributed by atoms with Crippen molar-refractivity contribution in [1.82, 2.24) is 19.7 Å². The maximum atomic E-state index is 13.0. The third-order valence-electron chi connectivity index (χ3n) is 4.80. The Morgan fingerprint density at radius 3 is 2.46 bits per heavy atom. The zero-order valence-corrected chi connectivity index (χ0v) is 18.3. The lowest BCUT2D eigenvalue weighted by atomic mass is 10.1. The van der Waals surface area contributed by atoms with Crippen molar-refractivity contribution in [3.63, 3.8) is 0 Å². The van der Waals surface area contributed by atoms with Crippen LogP contribution in [0.5, 0.6) is 0 Å². The first-order valence-electron chi connectivity index (χ1n) is 9.60. The molecule has 0 aliphatic carbocycles. The molecule has 6 heteroatoms. The van der Waals surface area contributed by atoms with Crippen molar-refractivity contribution >= 4 is 17.2 Å². The average molecular weight is 397 g/mol. The lowest BCUT2D eigenvalue weighted by molar-refractivity contribution is 0.0788. The molecule has 1 amide bonds. The number of hydrogen-bond donors (Lipinski definition) is 0. The first-order valence-corrected chi connectivity index (χ1v) is 10.4. The van der Waals surface area contributed by atoms with E-state index in [0.717, 1.165) is 44.6 Å². The lowest BCUT2D eigenvalue weighted by Crippen LogP contribution is -2.26. The van der Waals surface area contributed by atoms with Crippen molar-refractivity contribution in [2.75, 3.05) is 7.05 Å². The van der Waals surface area contributed by atoms with Gasteiger partial charge in [-0.3, -0.25) is 4.79 Å². The molecule has 0 N–H and O–H groups in total. The summed E-state index contributed by atoms with van der Waals surface area (Å²) in [5.41, 5.74) is 4.95. The Kier molecular flexibility index (Phi) is 5.98. The summed E-state index contributed by atoms with van der Waals surface area (Å²) >= 11 is 1.52. The predicted octanol–water partition coefficient (Wildman–Crippen LogP) is 4.72. The molecule has 0 saturated carbocycles. The number of carbonyl (C=O) groups is 1. The highest BCUT2D eigenvalue weighted by Gasteiger charge is 2.22. The molecule has 2 heterocycles. The molecule has 5 nitrogen and oxygen atoms in total. The molecule has 28 heavy (non-hydrogen) atoms. The molecule has 0 radical (unpaired) electrons. The fourth-order valence-corrected chi connectivity index (χ4v) is 4.57. The quantitative estimate of drug-likeness (QED) is 0.605. The topological polar surface area (TPSA) is 51.0 Å². The molecule has 0 unspecified atom stereocenters. The van der Waals surface area contributed by atoms with E-state index in [1.165, 1.54) is 11.3 Å². The first kappa shape index (κ1) is 20.3. The van der Waals surface area contributed by atoms with Crippen LogP contribution in [-0.4, -0.2) is 32.6 Å². The molecule has 0 fully saturated rings. The second kappa shape index (κ2) is 8.27. The predicted molar refractivity (Wildman–Crippen MR) is 114 cm³/mol. The fourth-order valence-electron chi connectivity index (χ4n) is 3.29. The van der Waals surface area contributed by atoms with E-state index in [2.05, 4.69) is 30.9 Å². The molecule has 0 aliphatic rings. The summed E-state index contributed by atoms with van der Waals surface area (Å²) in [6.07, 6.45) is 0.907. The van der Waals surface area contributed by atoms with Gasteiger partial charge >= 0.3 is 0 Å². The van der Waals surface area contributed by atoms with Crippen LogP contribution in [0.25, 0.3) is 5.69 Å². The van der Waals surface area contributed by atoms with Gasteiger partial charge in [-0.15, -0.1) is 11.3 Å². The minimum Gasteiger partial charge on any atom is -0.336 e. The lowest BCUT2D eigenvalue weighted by Gasteiger charge is -2.17. The van der Waals surface area contributed by atoms with Crippen molar-refractivity contribution in [2.24, 2.45) is 5.92 Å². The fraction of sp³-hybridized carbons (Fsp3) is 0.409. The Bertz CT molecular complexity index is 972. The third-order valence-corrected chi connectivity index (χ3v) is 5.97. The highest BCUT2D eigenvalue weighted by Crippen LogP contribution is 2.24. The summed E-state index contributed by atoms with van der Waals surface area (Å²) in [5.74, 6) is 0.552. The molecule has 0 atom stereocenters. The molecular weight excluding hydrogens is 368 g/mol. The Balaban J connectivity index is 1.82. The molecule has 0 spiro atoms. The Morgan fingerprint density at radius 2 is 1.82 bits per heavy atom. The number of amides is 1. The number of nitrogens with zero attached hydrogens (tertiary/aromatic N) is 4. The zero-order chi connectivity index (χ0) is 20.4. The smallest absolute Gasteiger partial charge is 0.265 e. The van der Waals surface area contributed by atoms with Gasteiger partial charge in [-0.1, -0.05) is 32.0 Å². The van der Waals surface area contributed by atoms with Crippen LogP contribution in [0.2, 0.25) is 0 Å². The van der Waals surface area contributed by atoms with Gasteiger partial charge in [0.05, 0.1) is 22.1 Å². The molecule has 2 aromatic heterocycles. The van der Waals surface area contributed by atoms with Crippen molar-refractivity contribution in [3.05, 3.63) is 62.9 Å². The number of aromatic nitrogens is 3. The SMILES string of the molecule is Cc1nc(CC(C)C)sc1C(=O)N(C)Cc1c(C)nn(-c2ccccc2)c1C. The first-order chi connectivity index (χ1) is 13.3. The largest absolute Gasteiger partial charge is 0.336 e. The van der Waals surface area contributed by atoms with Gasteiger partial charge in [0.1, 0.15) is 4.88 Å². The minimum absolute atomic E-state index is 0.0243. The maximum Gasteiger partial charge on any atom is 0.265 e. The molecular formula is C22H28N4OS. The van der Waals surface area contributed by atoms with E-state index in [9.17, 15) is 4.79 Å². The standard InChI is InChI=1S/C22H28N4OS/c1-14(2)12-20-23-16(4)21(28-20)22(27)25(6)13-19-15(3)24-26(17(19)5)18-10-8-7-9-11-18/h7-11,14H,12-13H2,1-6H3. The second-order valence-electron chi connectivity index (χ2n) is 7.68. The van der Waals surface area contributed by atoms with Crippen LogP contribution in [-0.2, 0) is 13.0 Å². The van der Waals surface area contributed by atoms with Crippen molar-refractivity contribution in [2.45, 2.75) is 47.6 Å². The number of carbonyl (C=O) groups excluding carboxylic acids is 1. The van der Waals surface area contributed by atoms with Gasteiger partial charge in [-0.2, -0.15) is 5.10 Å². The number of aryl methyl sites for hydroxylation is 2. The average Bonchev–Trinajstić information content (AvgIpc) is 3.15. The third kappa shape index (κ3) is 4.17. The molecule has 148 valence electrons. The van der Waals surface area contributed by atoms with E-state index in [-0.39, 0.29) is 5.91 Å². The van der Waals surface area contributed by atoms with Gasteiger partial charge in [0.2, 0.25) is 0 Å². The van der Waals surface area contributed by atoms with E-state index in [0.29, 0.717) is 12.5 Å². The summed E-state index contributed by atoms with van der Waals surface area (Å²) in [6.45, 7) is 10.8. The molecule has 0 saturated heterocycles. The van der Waals surface area contributed by atoms with E-state index in [1.54, 1.807) is 4.90 Å². The van der Waals surface area contributed by atoms with E-state index >= 15 is 0 Å². The number of benzene rings is 1. The van der Waals surface area contributed by atoms with Crippen molar-refractivity contribution in [1.29, 1.82) is 0 Å². The summed E-state index contributed by atoms with van der Waals surface area (Å²) in [6, 6.07) is 10.1. The van der Waals surface area contributed by atoms with Crippen molar-refractivity contribution in [3.8, 4) is 5.69 Å². The second-order valence-corrected chi connectivity index (χ2v) is 8.76. The van der Waals surface area contributed by atoms with Crippen LogP contribution in [0.3, 0.4) is 0 Å². The molecule has 0 bridgehead atoms. The van der Waals surface area contributed by atoms with Crippen LogP contribution < -0.4 is 0 Å². The summed E-state index contributed by atoms with van der Waals surface area (Å²) < 4.78 is 1.95. The van der Waals surface area contributed by atoms with Crippen LogP contribution in [0.4, 0.5) is 0 Å². The van der Waals surface area contributed by atoms with Crippen LogP contribution in [0.1, 0.15) is 51.2 Å². The summed E-state index contributed by atoms with van der Waals surface area (Å²) in [4.78, 5) is 20.1. The normalized spacial score (nSPS) is 11.2. The number of thiazole rings is 1. The van der Waals surface area contributed by atoms with Gasteiger partial charge in [0, 0.05) is 31.3 Å². The molecule has 0 aliphatic heterocycles. The number of para-hydroxylation sites is 1. The van der Waals surface area contributed by atoms with E-state index in [1.807, 2.05) is 55.9 Å². The Morgan fingerprint density at radius 1 is 1.14 bits per heavy atom. The highest BCUT2D eigenvalue weighted by molar-refractivity contribution is 7.13. The Labute approximate surface area is 171 Å². The zero-order valence-electron chi connectivity index (χ0n) is 17.5. The van der Waals surface area contributed by atoms with Crippen LogP contribution >= 0.6 is 11.3 Å². The molecule has 3 aromatic rings. The summed E-state index contributed by atoms with van der Waals surface area (Å²) in [7, 11) is 1.85. The molecule has 1 aromatic carbocycles. The van der Waals surface area contributed by atoms with Gasteiger partial charge < -0.3 is 4.90 Å².